The number of hydrogen-bond acceptors (Lipinski definition) is 2. The quantitative estimate of drug-likeness (QED) is 0.865. The van der Waals surface area contributed by atoms with Crippen molar-refractivity contribution < 1.29 is 13.2 Å². The van der Waals surface area contributed by atoms with Gasteiger partial charge in [0.05, 0.1) is 5.69 Å². The van der Waals surface area contributed by atoms with E-state index in [4.69, 9.17) is 5.73 Å². The molecular formula is C9H10BrF3N2. The molecule has 1 heterocycles. The van der Waals surface area contributed by atoms with Gasteiger partial charge in [-0.05, 0) is 34.5 Å². The molecule has 0 amide bonds. The Labute approximate surface area is 93.8 Å². The van der Waals surface area contributed by atoms with Gasteiger partial charge in [-0.15, -0.1) is 0 Å². The average molecular weight is 283 g/mol. The van der Waals surface area contributed by atoms with Crippen molar-refractivity contribution in [2.75, 3.05) is 0 Å². The third kappa shape index (κ3) is 4.61. The Morgan fingerprint density at radius 1 is 1.40 bits per heavy atom. The molecule has 1 atom stereocenters. The lowest BCUT2D eigenvalue weighted by Crippen LogP contribution is -2.16. The Balaban J connectivity index is 2.58. The Morgan fingerprint density at radius 3 is 2.60 bits per heavy atom. The van der Waals surface area contributed by atoms with Crippen LogP contribution in [-0.2, 0) is 0 Å². The van der Waals surface area contributed by atoms with Gasteiger partial charge in [-0.25, -0.2) is 4.98 Å². The zero-order valence-electron chi connectivity index (χ0n) is 7.76. The van der Waals surface area contributed by atoms with E-state index in [0.717, 1.165) is 0 Å². The molecule has 15 heavy (non-hydrogen) atoms. The highest BCUT2D eigenvalue weighted by Gasteiger charge is 2.28. The Bertz CT molecular complexity index is 327. The number of pyridine rings is 1. The molecule has 0 aromatic carbocycles. The van der Waals surface area contributed by atoms with Gasteiger partial charge >= 0.3 is 6.18 Å². The molecule has 6 heteroatoms. The Kier molecular flexibility index (Phi) is 4.10. The first-order valence-electron chi connectivity index (χ1n) is 4.33. The van der Waals surface area contributed by atoms with Crippen LogP contribution in [0.5, 0.6) is 0 Å². The van der Waals surface area contributed by atoms with Crippen LogP contribution in [0, 0.1) is 0 Å². The predicted octanol–water partition coefficient (Wildman–Crippen LogP) is 3.19. The van der Waals surface area contributed by atoms with Gasteiger partial charge in [0.1, 0.15) is 4.60 Å². The van der Waals surface area contributed by atoms with Gasteiger partial charge in [-0.3, -0.25) is 0 Å². The molecule has 1 aromatic rings. The molecule has 1 aromatic heterocycles. The van der Waals surface area contributed by atoms with Gasteiger partial charge in [0.25, 0.3) is 0 Å². The molecule has 0 bridgehead atoms. The molecule has 2 N–H and O–H groups in total. The molecular weight excluding hydrogens is 273 g/mol. The number of nitrogens with zero attached hydrogens (tertiary/aromatic N) is 1. The van der Waals surface area contributed by atoms with E-state index < -0.39 is 18.6 Å². The van der Waals surface area contributed by atoms with Gasteiger partial charge in [0, 0.05) is 12.5 Å². The van der Waals surface area contributed by atoms with Crippen molar-refractivity contribution in [2.24, 2.45) is 5.73 Å². The monoisotopic (exact) mass is 282 g/mol. The van der Waals surface area contributed by atoms with Crippen LogP contribution < -0.4 is 5.73 Å². The van der Waals surface area contributed by atoms with E-state index in [0.29, 0.717) is 10.3 Å². The summed E-state index contributed by atoms with van der Waals surface area (Å²) in [5, 5.41) is 0. The van der Waals surface area contributed by atoms with Crippen molar-refractivity contribution in [2.45, 2.75) is 25.1 Å². The van der Waals surface area contributed by atoms with E-state index in [1.165, 1.54) is 0 Å². The van der Waals surface area contributed by atoms with Crippen LogP contribution in [0.1, 0.15) is 24.6 Å². The predicted molar refractivity (Wildman–Crippen MR) is 54.2 cm³/mol. The second kappa shape index (κ2) is 4.94. The van der Waals surface area contributed by atoms with Crippen molar-refractivity contribution in [3.63, 3.8) is 0 Å². The van der Waals surface area contributed by atoms with Crippen LogP contribution in [0.3, 0.4) is 0 Å². The summed E-state index contributed by atoms with van der Waals surface area (Å²) < 4.78 is 36.3. The molecule has 2 nitrogen and oxygen atoms in total. The van der Waals surface area contributed by atoms with Gasteiger partial charge in [-0.1, -0.05) is 6.07 Å². The summed E-state index contributed by atoms with van der Waals surface area (Å²) in [6.45, 7) is 0. The summed E-state index contributed by atoms with van der Waals surface area (Å²) in [5.41, 5.74) is 6.05. The van der Waals surface area contributed by atoms with E-state index in [-0.39, 0.29) is 6.42 Å². The molecule has 0 saturated carbocycles. The fourth-order valence-corrected chi connectivity index (χ4v) is 1.45. The standard InChI is InChI=1S/C9H10BrF3N2/c10-8-3-1-2-7(15-8)6(14)4-5-9(11,12)13/h1-3,6H,4-5,14H2/t6-/m0/s1. The Morgan fingerprint density at radius 2 is 2.07 bits per heavy atom. The fourth-order valence-electron chi connectivity index (χ4n) is 1.10. The summed E-state index contributed by atoms with van der Waals surface area (Å²) in [6, 6.07) is 4.33. The zero-order chi connectivity index (χ0) is 11.5. The molecule has 0 spiro atoms. The molecule has 0 fully saturated rings. The van der Waals surface area contributed by atoms with Gasteiger partial charge < -0.3 is 5.73 Å². The lowest BCUT2D eigenvalue weighted by Gasteiger charge is -2.12. The number of halogens is 4. The maximum Gasteiger partial charge on any atom is 0.389 e. The Hall–Kier alpha value is -0.620. The zero-order valence-corrected chi connectivity index (χ0v) is 9.35. The van der Waals surface area contributed by atoms with Crippen LogP contribution in [0.4, 0.5) is 13.2 Å². The third-order valence-electron chi connectivity index (χ3n) is 1.86. The fraction of sp³-hybridized carbons (Fsp3) is 0.444. The third-order valence-corrected chi connectivity index (χ3v) is 2.30. The van der Waals surface area contributed by atoms with E-state index >= 15 is 0 Å². The van der Waals surface area contributed by atoms with E-state index in [1.807, 2.05) is 0 Å². The number of hydrogen-bond donors (Lipinski definition) is 1. The minimum absolute atomic E-state index is 0.146. The molecule has 0 aliphatic rings. The minimum Gasteiger partial charge on any atom is -0.323 e. The number of rotatable bonds is 3. The van der Waals surface area contributed by atoms with Gasteiger partial charge in [0.2, 0.25) is 0 Å². The highest BCUT2D eigenvalue weighted by Crippen LogP contribution is 2.25. The molecule has 0 aliphatic carbocycles. The number of alkyl halides is 3. The van der Waals surface area contributed by atoms with Crippen LogP contribution in [0.2, 0.25) is 0 Å². The molecule has 0 unspecified atom stereocenters. The molecule has 0 radical (unpaired) electrons. The van der Waals surface area contributed by atoms with Crippen LogP contribution in [0.25, 0.3) is 0 Å². The number of nitrogens with two attached hydrogens (primary N) is 1. The van der Waals surface area contributed by atoms with Crippen LogP contribution in [0.15, 0.2) is 22.8 Å². The normalized spacial score (nSPS) is 13.9. The second-order valence-corrected chi connectivity index (χ2v) is 3.96. The highest BCUT2D eigenvalue weighted by molar-refractivity contribution is 9.10. The topological polar surface area (TPSA) is 38.9 Å². The summed E-state index contributed by atoms with van der Waals surface area (Å²) in [6.07, 6.45) is -5.20. The molecule has 0 aliphatic heterocycles. The maximum atomic E-state index is 11.9. The lowest BCUT2D eigenvalue weighted by atomic mass is 10.1. The summed E-state index contributed by atoms with van der Waals surface area (Å²) >= 11 is 3.13. The first kappa shape index (κ1) is 12.4. The first-order chi connectivity index (χ1) is 6.88. The molecule has 1 rings (SSSR count). The largest absolute Gasteiger partial charge is 0.389 e. The smallest absolute Gasteiger partial charge is 0.323 e. The summed E-state index contributed by atoms with van der Waals surface area (Å²) in [7, 11) is 0. The van der Waals surface area contributed by atoms with Crippen LogP contribution >= 0.6 is 15.9 Å². The highest BCUT2D eigenvalue weighted by atomic mass is 79.9. The number of aromatic nitrogens is 1. The summed E-state index contributed by atoms with van der Waals surface area (Å²) in [4.78, 5) is 4.00. The molecule has 0 saturated heterocycles. The summed E-state index contributed by atoms with van der Waals surface area (Å²) in [5.74, 6) is 0. The van der Waals surface area contributed by atoms with Gasteiger partial charge in [0.15, 0.2) is 0 Å². The lowest BCUT2D eigenvalue weighted by molar-refractivity contribution is -0.136. The van der Waals surface area contributed by atoms with Crippen molar-refractivity contribution in [1.82, 2.24) is 4.98 Å². The minimum atomic E-state index is -4.16. The van der Waals surface area contributed by atoms with Crippen molar-refractivity contribution in [3.05, 3.63) is 28.5 Å². The maximum absolute atomic E-state index is 11.9. The SMILES string of the molecule is N[C@@H](CCC(F)(F)F)c1cccc(Br)n1. The molecule has 84 valence electrons. The van der Waals surface area contributed by atoms with Crippen molar-refractivity contribution >= 4 is 15.9 Å². The van der Waals surface area contributed by atoms with Crippen molar-refractivity contribution in [1.29, 1.82) is 0 Å². The average Bonchev–Trinajstić information content (AvgIpc) is 2.13. The first-order valence-corrected chi connectivity index (χ1v) is 5.12. The van der Waals surface area contributed by atoms with E-state index in [9.17, 15) is 13.2 Å². The van der Waals surface area contributed by atoms with E-state index in [1.54, 1.807) is 18.2 Å². The van der Waals surface area contributed by atoms with E-state index in [2.05, 4.69) is 20.9 Å². The van der Waals surface area contributed by atoms with Crippen LogP contribution in [-0.4, -0.2) is 11.2 Å². The van der Waals surface area contributed by atoms with Gasteiger partial charge in [-0.2, -0.15) is 13.2 Å². The second-order valence-electron chi connectivity index (χ2n) is 3.15. The van der Waals surface area contributed by atoms with Crippen molar-refractivity contribution in [3.8, 4) is 0 Å².